The van der Waals surface area contributed by atoms with Gasteiger partial charge in [-0.25, -0.2) is 8.42 Å². The minimum atomic E-state index is -3.30. The molecule has 0 aliphatic rings. The number of unbranched alkanes of at least 4 members (excludes halogenated alkanes) is 1. The maximum absolute atomic E-state index is 11.9. The zero-order chi connectivity index (χ0) is 14.3. The molecule has 0 saturated heterocycles. The minimum Gasteiger partial charge on any atom is -0.317 e. The van der Waals surface area contributed by atoms with Gasteiger partial charge in [0.15, 0.2) is 0 Å². The number of benzene rings is 1. The smallest absolute Gasteiger partial charge is 0.232 e. The van der Waals surface area contributed by atoms with E-state index in [4.69, 9.17) is 11.6 Å². The molecule has 2 N–H and O–H groups in total. The molecule has 1 aromatic carbocycles. The standard InChI is InChI=1S/C13H21ClN2O2S/c1-3-15-9-4-5-10-19(17,18)16-13-8-6-7-12(14)11(13)2/h6-8,15-16H,3-5,9-10H2,1-2H3. The van der Waals surface area contributed by atoms with Crippen LogP contribution in [0.3, 0.4) is 0 Å². The number of anilines is 1. The van der Waals surface area contributed by atoms with Crippen molar-refractivity contribution in [2.75, 3.05) is 23.6 Å². The summed E-state index contributed by atoms with van der Waals surface area (Å²) in [6.07, 6.45) is 1.49. The van der Waals surface area contributed by atoms with E-state index in [0.717, 1.165) is 25.1 Å². The van der Waals surface area contributed by atoms with Gasteiger partial charge in [-0.15, -0.1) is 0 Å². The van der Waals surface area contributed by atoms with Gasteiger partial charge in [-0.1, -0.05) is 24.6 Å². The highest BCUT2D eigenvalue weighted by molar-refractivity contribution is 7.92. The molecule has 0 unspecified atom stereocenters. The van der Waals surface area contributed by atoms with E-state index < -0.39 is 10.0 Å². The highest BCUT2D eigenvalue weighted by Gasteiger charge is 2.12. The van der Waals surface area contributed by atoms with E-state index in [1.807, 2.05) is 6.92 Å². The number of sulfonamides is 1. The van der Waals surface area contributed by atoms with Gasteiger partial charge in [0.1, 0.15) is 0 Å². The van der Waals surface area contributed by atoms with Crippen LogP contribution in [0.5, 0.6) is 0 Å². The summed E-state index contributed by atoms with van der Waals surface area (Å²) >= 11 is 5.96. The second-order valence-electron chi connectivity index (χ2n) is 4.39. The van der Waals surface area contributed by atoms with Crippen molar-refractivity contribution in [2.45, 2.75) is 26.7 Å². The number of halogens is 1. The lowest BCUT2D eigenvalue weighted by Gasteiger charge is -2.11. The Morgan fingerprint density at radius 3 is 2.68 bits per heavy atom. The zero-order valence-corrected chi connectivity index (χ0v) is 12.9. The van der Waals surface area contributed by atoms with E-state index in [0.29, 0.717) is 17.1 Å². The lowest BCUT2D eigenvalue weighted by molar-refractivity contribution is 0.593. The molecule has 6 heteroatoms. The van der Waals surface area contributed by atoms with E-state index in [9.17, 15) is 8.42 Å². The van der Waals surface area contributed by atoms with Crippen molar-refractivity contribution in [2.24, 2.45) is 0 Å². The number of hydrogen-bond acceptors (Lipinski definition) is 3. The first kappa shape index (κ1) is 16.3. The molecule has 4 nitrogen and oxygen atoms in total. The van der Waals surface area contributed by atoms with Gasteiger partial charge in [0, 0.05) is 5.02 Å². The second-order valence-corrected chi connectivity index (χ2v) is 6.64. The molecule has 0 fully saturated rings. The Morgan fingerprint density at radius 2 is 2.00 bits per heavy atom. The van der Waals surface area contributed by atoms with Crippen molar-refractivity contribution < 1.29 is 8.42 Å². The van der Waals surface area contributed by atoms with Crippen LogP contribution in [0, 0.1) is 6.92 Å². The van der Waals surface area contributed by atoms with Gasteiger partial charge in [-0.05, 0) is 50.6 Å². The third kappa shape index (κ3) is 5.80. The van der Waals surface area contributed by atoms with Crippen molar-refractivity contribution in [3.8, 4) is 0 Å². The van der Waals surface area contributed by atoms with Crippen molar-refractivity contribution in [1.29, 1.82) is 0 Å². The summed E-state index contributed by atoms with van der Waals surface area (Å²) in [6, 6.07) is 5.20. The molecule has 0 heterocycles. The van der Waals surface area contributed by atoms with E-state index >= 15 is 0 Å². The molecule has 0 saturated carbocycles. The molecular weight excluding hydrogens is 284 g/mol. The van der Waals surface area contributed by atoms with Gasteiger partial charge >= 0.3 is 0 Å². The Bertz CT molecular complexity index is 503. The van der Waals surface area contributed by atoms with Gasteiger partial charge in [-0.3, -0.25) is 4.72 Å². The lowest BCUT2D eigenvalue weighted by Crippen LogP contribution is -2.19. The summed E-state index contributed by atoms with van der Waals surface area (Å²) < 4.78 is 26.4. The Morgan fingerprint density at radius 1 is 1.26 bits per heavy atom. The van der Waals surface area contributed by atoms with Crippen LogP contribution >= 0.6 is 11.6 Å². The number of nitrogens with one attached hydrogen (secondary N) is 2. The Balaban J connectivity index is 2.52. The number of rotatable bonds is 8. The van der Waals surface area contributed by atoms with Gasteiger partial charge in [0.05, 0.1) is 11.4 Å². The van der Waals surface area contributed by atoms with Crippen molar-refractivity contribution in [3.05, 3.63) is 28.8 Å². The van der Waals surface area contributed by atoms with E-state index in [2.05, 4.69) is 10.0 Å². The maximum Gasteiger partial charge on any atom is 0.232 e. The third-order valence-electron chi connectivity index (χ3n) is 2.80. The predicted molar refractivity (Wildman–Crippen MR) is 81.4 cm³/mol. The van der Waals surface area contributed by atoms with E-state index in [-0.39, 0.29) is 5.75 Å². The molecule has 1 aromatic rings. The van der Waals surface area contributed by atoms with Crippen LogP contribution in [0.4, 0.5) is 5.69 Å². The van der Waals surface area contributed by atoms with Gasteiger partial charge in [-0.2, -0.15) is 0 Å². The van der Waals surface area contributed by atoms with Crippen LogP contribution in [-0.4, -0.2) is 27.3 Å². The van der Waals surface area contributed by atoms with E-state index in [1.54, 1.807) is 25.1 Å². The van der Waals surface area contributed by atoms with Crippen LogP contribution < -0.4 is 10.0 Å². The topological polar surface area (TPSA) is 58.2 Å². The first-order chi connectivity index (χ1) is 8.96. The first-order valence-corrected chi connectivity index (χ1v) is 8.45. The fraction of sp³-hybridized carbons (Fsp3) is 0.538. The molecule has 0 amide bonds. The van der Waals surface area contributed by atoms with Gasteiger partial charge < -0.3 is 5.32 Å². The predicted octanol–water partition coefficient (Wildman–Crippen LogP) is 2.78. The molecule has 0 bridgehead atoms. The average Bonchev–Trinajstić information content (AvgIpc) is 2.34. The maximum atomic E-state index is 11.9. The van der Waals surface area contributed by atoms with Crippen molar-refractivity contribution in [3.63, 3.8) is 0 Å². The summed E-state index contributed by atoms with van der Waals surface area (Å²) in [6.45, 7) is 5.58. The normalized spacial score (nSPS) is 11.5. The van der Waals surface area contributed by atoms with Crippen molar-refractivity contribution in [1.82, 2.24) is 5.32 Å². The quantitative estimate of drug-likeness (QED) is 0.726. The monoisotopic (exact) mass is 304 g/mol. The molecule has 1 rings (SSSR count). The zero-order valence-electron chi connectivity index (χ0n) is 11.4. The Kier molecular flexibility index (Phi) is 6.62. The molecular formula is C13H21ClN2O2S. The Labute approximate surface area is 120 Å². The van der Waals surface area contributed by atoms with Crippen LogP contribution in [0.25, 0.3) is 0 Å². The molecule has 0 aliphatic heterocycles. The van der Waals surface area contributed by atoms with Crippen LogP contribution in [-0.2, 0) is 10.0 Å². The SMILES string of the molecule is CCNCCCCS(=O)(=O)Nc1cccc(Cl)c1C. The largest absolute Gasteiger partial charge is 0.317 e. The van der Waals surface area contributed by atoms with Crippen LogP contribution in [0.1, 0.15) is 25.3 Å². The number of hydrogen-bond donors (Lipinski definition) is 2. The minimum absolute atomic E-state index is 0.129. The highest BCUT2D eigenvalue weighted by Crippen LogP contribution is 2.23. The summed E-state index contributed by atoms with van der Waals surface area (Å²) in [7, 11) is -3.30. The summed E-state index contributed by atoms with van der Waals surface area (Å²) in [5.74, 6) is 0.129. The third-order valence-corrected chi connectivity index (χ3v) is 4.57. The van der Waals surface area contributed by atoms with Gasteiger partial charge in [0.25, 0.3) is 0 Å². The molecule has 0 aromatic heterocycles. The van der Waals surface area contributed by atoms with Gasteiger partial charge in [0.2, 0.25) is 10.0 Å². The Hall–Kier alpha value is -0.780. The lowest BCUT2D eigenvalue weighted by atomic mass is 10.2. The molecule has 0 aliphatic carbocycles. The molecule has 19 heavy (non-hydrogen) atoms. The molecule has 0 atom stereocenters. The summed E-state index contributed by atoms with van der Waals surface area (Å²) in [4.78, 5) is 0. The second kappa shape index (κ2) is 7.72. The summed E-state index contributed by atoms with van der Waals surface area (Å²) in [5, 5.41) is 3.73. The molecule has 0 radical (unpaired) electrons. The molecule has 0 spiro atoms. The highest BCUT2D eigenvalue weighted by atomic mass is 35.5. The van der Waals surface area contributed by atoms with E-state index in [1.165, 1.54) is 0 Å². The van der Waals surface area contributed by atoms with Crippen LogP contribution in [0.15, 0.2) is 18.2 Å². The van der Waals surface area contributed by atoms with Crippen molar-refractivity contribution >= 4 is 27.3 Å². The fourth-order valence-corrected chi connectivity index (χ4v) is 3.07. The van der Waals surface area contributed by atoms with Crippen LogP contribution in [0.2, 0.25) is 5.02 Å². The molecule has 108 valence electrons. The summed E-state index contributed by atoms with van der Waals surface area (Å²) in [5.41, 5.74) is 1.31. The fourth-order valence-electron chi connectivity index (χ4n) is 1.66. The first-order valence-electron chi connectivity index (χ1n) is 6.42. The average molecular weight is 305 g/mol.